The highest BCUT2D eigenvalue weighted by Crippen LogP contribution is 2.06. The van der Waals surface area contributed by atoms with Crippen molar-refractivity contribution in [3.63, 3.8) is 0 Å². The first kappa shape index (κ1) is 11.4. The molecule has 1 heterocycles. The Kier molecular flexibility index (Phi) is 3.86. The van der Waals surface area contributed by atoms with E-state index in [0.717, 1.165) is 11.8 Å². The summed E-state index contributed by atoms with van der Waals surface area (Å²) in [6.07, 6.45) is 3.11. The second-order valence-electron chi connectivity index (χ2n) is 2.77. The van der Waals surface area contributed by atoms with Crippen molar-refractivity contribution in [1.82, 2.24) is 4.98 Å². The van der Waals surface area contributed by atoms with Gasteiger partial charge in [-0.05, 0) is 18.1 Å². The molecule has 1 aromatic heterocycles. The Morgan fingerprint density at radius 3 is 2.71 bits per heavy atom. The van der Waals surface area contributed by atoms with Crippen molar-refractivity contribution in [2.75, 3.05) is 12.9 Å². The summed E-state index contributed by atoms with van der Waals surface area (Å²) >= 11 is 5.58. The Bertz CT molecular complexity index is 388. The Labute approximate surface area is 88.0 Å². The van der Waals surface area contributed by atoms with Crippen LogP contribution in [0.25, 0.3) is 0 Å². The van der Waals surface area contributed by atoms with Crippen LogP contribution in [0.1, 0.15) is 5.56 Å². The van der Waals surface area contributed by atoms with Gasteiger partial charge in [0.2, 0.25) is 0 Å². The minimum Gasteiger partial charge on any atom is -0.270 e. The van der Waals surface area contributed by atoms with Crippen molar-refractivity contribution in [2.24, 2.45) is 0 Å². The molecule has 0 spiro atoms. The van der Waals surface area contributed by atoms with E-state index in [1.807, 2.05) is 0 Å². The molecule has 78 valence electrons. The molecule has 14 heavy (non-hydrogen) atoms. The van der Waals surface area contributed by atoms with Crippen LogP contribution in [-0.2, 0) is 20.7 Å². The zero-order valence-corrected chi connectivity index (χ0v) is 9.18. The summed E-state index contributed by atoms with van der Waals surface area (Å²) in [6, 6.07) is 3.43. The maximum Gasteiger partial charge on any atom is 0.264 e. The fourth-order valence-corrected chi connectivity index (χ4v) is 1.36. The summed E-state index contributed by atoms with van der Waals surface area (Å²) in [5.41, 5.74) is 0.887. The van der Waals surface area contributed by atoms with Crippen LogP contribution in [-0.4, -0.2) is 26.3 Å². The molecule has 1 rings (SSSR count). The van der Waals surface area contributed by atoms with E-state index in [-0.39, 0.29) is 6.61 Å². The largest absolute Gasteiger partial charge is 0.270 e. The monoisotopic (exact) mass is 235 g/mol. The number of halogens is 1. The third-order valence-electron chi connectivity index (χ3n) is 1.48. The van der Waals surface area contributed by atoms with Crippen LogP contribution in [0.15, 0.2) is 18.3 Å². The normalized spacial score (nSPS) is 11.6. The SMILES string of the molecule is CS(=O)(=O)OCCc1ccc(Cl)nc1. The van der Waals surface area contributed by atoms with Crippen LogP contribution in [0.2, 0.25) is 5.15 Å². The molecular weight excluding hydrogens is 226 g/mol. The molecule has 0 N–H and O–H groups in total. The number of nitrogens with zero attached hydrogens (tertiary/aromatic N) is 1. The van der Waals surface area contributed by atoms with Crippen LogP contribution in [0, 0.1) is 0 Å². The second-order valence-corrected chi connectivity index (χ2v) is 4.80. The molecule has 6 heteroatoms. The van der Waals surface area contributed by atoms with Crippen molar-refractivity contribution in [3.05, 3.63) is 29.0 Å². The van der Waals surface area contributed by atoms with Gasteiger partial charge in [0.25, 0.3) is 10.1 Å². The van der Waals surface area contributed by atoms with Gasteiger partial charge in [0.15, 0.2) is 0 Å². The molecule has 0 aromatic carbocycles. The molecule has 0 aliphatic rings. The van der Waals surface area contributed by atoms with E-state index >= 15 is 0 Å². The summed E-state index contributed by atoms with van der Waals surface area (Å²) in [5.74, 6) is 0. The zero-order chi connectivity index (χ0) is 10.6. The lowest BCUT2D eigenvalue weighted by atomic mass is 10.2. The van der Waals surface area contributed by atoms with E-state index < -0.39 is 10.1 Å². The Morgan fingerprint density at radius 2 is 2.21 bits per heavy atom. The molecule has 0 fully saturated rings. The van der Waals surface area contributed by atoms with Crippen molar-refractivity contribution < 1.29 is 12.6 Å². The van der Waals surface area contributed by atoms with E-state index in [0.29, 0.717) is 11.6 Å². The van der Waals surface area contributed by atoms with Gasteiger partial charge in [-0.3, -0.25) is 4.18 Å². The van der Waals surface area contributed by atoms with Gasteiger partial charge in [0.1, 0.15) is 5.15 Å². The summed E-state index contributed by atoms with van der Waals surface area (Å²) in [6.45, 7) is 0.127. The molecule has 1 aromatic rings. The number of hydrogen-bond donors (Lipinski definition) is 0. The molecule has 0 atom stereocenters. The van der Waals surface area contributed by atoms with E-state index in [1.54, 1.807) is 18.3 Å². The lowest BCUT2D eigenvalue weighted by molar-refractivity contribution is 0.326. The smallest absolute Gasteiger partial charge is 0.264 e. The van der Waals surface area contributed by atoms with Crippen LogP contribution in [0.3, 0.4) is 0 Å². The molecular formula is C8H10ClNO3S. The van der Waals surface area contributed by atoms with Gasteiger partial charge in [-0.1, -0.05) is 17.7 Å². The zero-order valence-electron chi connectivity index (χ0n) is 7.60. The summed E-state index contributed by atoms with van der Waals surface area (Å²) in [5, 5.41) is 0.415. The van der Waals surface area contributed by atoms with Crippen LogP contribution in [0.4, 0.5) is 0 Å². The predicted molar refractivity (Wildman–Crippen MR) is 53.7 cm³/mol. The fourth-order valence-electron chi connectivity index (χ4n) is 0.865. The first-order valence-corrected chi connectivity index (χ1v) is 6.12. The summed E-state index contributed by atoms with van der Waals surface area (Å²) < 4.78 is 25.8. The molecule has 0 radical (unpaired) electrons. The molecule has 0 bridgehead atoms. The van der Waals surface area contributed by atoms with E-state index in [2.05, 4.69) is 9.17 Å². The average Bonchev–Trinajstić information content (AvgIpc) is 2.06. The second kappa shape index (κ2) is 4.72. The maximum absolute atomic E-state index is 10.6. The minimum absolute atomic E-state index is 0.127. The molecule has 0 aliphatic heterocycles. The summed E-state index contributed by atoms with van der Waals surface area (Å²) in [4.78, 5) is 3.85. The lowest BCUT2D eigenvalue weighted by Crippen LogP contribution is -2.06. The number of hydrogen-bond acceptors (Lipinski definition) is 4. The van der Waals surface area contributed by atoms with Crippen molar-refractivity contribution in [3.8, 4) is 0 Å². The fraction of sp³-hybridized carbons (Fsp3) is 0.375. The molecule has 0 saturated carbocycles. The molecule has 0 aliphatic carbocycles. The van der Waals surface area contributed by atoms with Crippen molar-refractivity contribution in [2.45, 2.75) is 6.42 Å². The number of aromatic nitrogens is 1. The van der Waals surface area contributed by atoms with E-state index in [4.69, 9.17) is 11.6 Å². The first-order valence-electron chi connectivity index (χ1n) is 3.92. The van der Waals surface area contributed by atoms with Gasteiger partial charge in [-0.25, -0.2) is 4.98 Å². The van der Waals surface area contributed by atoms with Crippen molar-refractivity contribution >= 4 is 21.7 Å². The van der Waals surface area contributed by atoms with Gasteiger partial charge in [-0.2, -0.15) is 8.42 Å². The first-order chi connectivity index (χ1) is 6.47. The van der Waals surface area contributed by atoms with Gasteiger partial charge < -0.3 is 0 Å². The maximum atomic E-state index is 10.6. The minimum atomic E-state index is -3.35. The molecule has 0 unspecified atom stereocenters. The van der Waals surface area contributed by atoms with Crippen LogP contribution >= 0.6 is 11.6 Å². The van der Waals surface area contributed by atoms with Crippen LogP contribution < -0.4 is 0 Å². The summed E-state index contributed by atoms with van der Waals surface area (Å²) in [7, 11) is -3.35. The van der Waals surface area contributed by atoms with E-state index in [9.17, 15) is 8.42 Å². The van der Waals surface area contributed by atoms with Gasteiger partial charge in [0.05, 0.1) is 12.9 Å². The highest BCUT2D eigenvalue weighted by Gasteiger charge is 2.01. The Morgan fingerprint density at radius 1 is 1.50 bits per heavy atom. The molecule has 0 saturated heterocycles. The average molecular weight is 236 g/mol. The predicted octanol–water partition coefficient (Wildman–Crippen LogP) is 1.25. The Balaban J connectivity index is 2.43. The van der Waals surface area contributed by atoms with Gasteiger partial charge in [0, 0.05) is 6.20 Å². The lowest BCUT2D eigenvalue weighted by Gasteiger charge is -2.01. The van der Waals surface area contributed by atoms with Crippen molar-refractivity contribution in [1.29, 1.82) is 0 Å². The van der Waals surface area contributed by atoms with Crippen LogP contribution in [0.5, 0.6) is 0 Å². The molecule has 4 nitrogen and oxygen atoms in total. The third-order valence-corrected chi connectivity index (χ3v) is 2.30. The number of pyridine rings is 1. The highest BCUT2D eigenvalue weighted by atomic mass is 35.5. The van der Waals surface area contributed by atoms with E-state index in [1.165, 1.54) is 0 Å². The quantitative estimate of drug-likeness (QED) is 0.582. The topological polar surface area (TPSA) is 56.3 Å². The highest BCUT2D eigenvalue weighted by molar-refractivity contribution is 7.85. The van der Waals surface area contributed by atoms with Gasteiger partial charge in [-0.15, -0.1) is 0 Å². The molecule has 0 amide bonds. The Hall–Kier alpha value is -0.650. The number of rotatable bonds is 4. The van der Waals surface area contributed by atoms with Gasteiger partial charge >= 0.3 is 0 Å². The third kappa shape index (κ3) is 4.55. The standard InChI is InChI=1S/C8H10ClNO3S/c1-14(11,12)13-5-4-7-2-3-8(9)10-6-7/h2-3,6H,4-5H2,1H3.